The first-order valence-electron chi connectivity index (χ1n) is 11.1. The van der Waals surface area contributed by atoms with Crippen LogP contribution in [-0.4, -0.2) is 86.3 Å². The molecule has 10 nitrogen and oxygen atoms in total. The van der Waals surface area contributed by atoms with E-state index in [1.54, 1.807) is 43.6 Å². The summed E-state index contributed by atoms with van der Waals surface area (Å²) in [5, 5.41) is 0. The van der Waals surface area contributed by atoms with Crippen LogP contribution >= 0.6 is 0 Å². The highest BCUT2D eigenvalue weighted by Crippen LogP contribution is 2.27. The standard InChI is InChI=1S/C23H33N5O5S/c1-16-11-28(12-18-9-24-15-25-10-18)17(2)14-33-21-7-6-19(26-34(5,30)31)8-20(21)23(29)27(3)13-22(16)32-4/h6-10,15-17,22,26H,11-14H2,1-5H3/t16-,17+,22+/m0/s1. The third kappa shape index (κ3) is 6.87. The highest BCUT2D eigenvalue weighted by molar-refractivity contribution is 7.92. The van der Waals surface area contributed by atoms with Crippen LogP contribution in [0, 0.1) is 5.92 Å². The fourth-order valence-electron chi connectivity index (χ4n) is 4.00. The maximum atomic E-state index is 13.3. The molecule has 1 aliphatic heterocycles. The number of anilines is 1. The fraction of sp³-hybridized carbons (Fsp3) is 0.522. The molecule has 11 heteroatoms. The second-order valence-electron chi connectivity index (χ2n) is 8.86. The quantitative estimate of drug-likeness (QED) is 0.674. The molecule has 0 unspecified atom stereocenters. The summed E-state index contributed by atoms with van der Waals surface area (Å²) in [7, 11) is -0.142. The van der Waals surface area contributed by atoms with Crippen LogP contribution in [0.1, 0.15) is 29.8 Å². The molecule has 0 fully saturated rings. The Hall–Kier alpha value is -2.76. The largest absolute Gasteiger partial charge is 0.491 e. The Kier molecular flexibility index (Phi) is 8.45. The number of hydrogen-bond acceptors (Lipinski definition) is 8. The van der Waals surface area contributed by atoms with Crippen LogP contribution in [0.2, 0.25) is 0 Å². The van der Waals surface area contributed by atoms with Gasteiger partial charge in [0.05, 0.1) is 17.9 Å². The summed E-state index contributed by atoms with van der Waals surface area (Å²) in [5.41, 5.74) is 1.58. The predicted molar refractivity (Wildman–Crippen MR) is 129 cm³/mol. The summed E-state index contributed by atoms with van der Waals surface area (Å²) in [4.78, 5) is 25.4. The Labute approximate surface area is 201 Å². The summed E-state index contributed by atoms with van der Waals surface area (Å²) >= 11 is 0. The molecule has 1 N–H and O–H groups in total. The maximum absolute atomic E-state index is 13.3. The molecule has 0 spiro atoms. The number of nitrogens with zero attached hydrogens (tertiary/aromatic N) is 4. The minimum absolute atomic E-state index is 0.00842. The van der Waals surface area contributed by atoms with Crippen molar-refractivity contribution in [3.8, 4) is 5.75 Å². The molecule has 0 saturated carbocycles. The van der Waals surface area contributed by atoms with Crippen molar-refractivity contribution in [2.45, 2.75) is 32.5 Å². The minimum atomic E-state index is -3.49. The zero-order valence-electron chi connectivity index (χ0n) is 20.3. The number of rotatable bonds is 5. The molecule has 1 amide bonds. The number of sulfonamides is 1. The highest BCUT2D eigenvalue weighted by atomic mass is 32.2. The van der Waals surface area contributed by atoms with Gasteiger partial charge in [-0.25, -0.2) is 18.4 Å². The number of carbonyl (C=O) groups excluding carboxylic acids is 1. The smallest absolute Gasteiger partial charge is 0.257 e. The number of carbonyl (C=O) groups is 1. The fourth-order valence-corrected chi connectivity index (χ4v) is 4.55. The molecule has 2 heterocycles. The summed E-state index contributed by atoms with van der Waals surface area (Å²) in [5.74, 6) is 0.241. The van der Waals surface area contributed by atoms with Crippen molar-refractivity contribution in [1.82, 2.24) is 19.8 Å². The summed E-state index contributed by atoms with van der Waals surface area (Å²) in [6, 6.07) is 4.73. The van der Waals surface area contributed by atoms with E-state index in [1.807, 2.05) is 0 Å². The second-order valence-corrected chi connectivity index (χ2v) is 10.6. The average molecular weight is 492 g/mol. The van der Waals surface area contributed by atoms with E-state index in [-0.39, 0.29) is 29.5 Å². The number of benzene rings is 1. The Morgan fingerprint density at radius 3 is 2.56 bits per heavy atom. The molecule has 34 heavy (non-hydrogen) atoms. The van der Waals surface area contributed by atoms with Crippen LogP contribution in [0.4, 0.5) is 5.69 Å². The van der Waals surface area contributed by atoms with Gasteiger partial charge < -0.3 is 14.4 Å². The Bertz CT molecular complexity index is 1080. The average Bonchev–Trinajstić information content (AvgIpc) is 2.79. The molecule has 0 saturated heterocycles. The van der Waals surface area contributed by atoms with Gasteiger partial charge in [0, 0.05) is 63.5 Å². The molecular weight excluding hydrogens is 458 g/mol. The number of fused-ring (bicyclic) bond motifs is 1. The number of nitrogens with one attached hydrogen (secondary N) is 1. The lowest BCUT2D eigenvalue weighted by Crippen LogP contribution is -2.46. The summed E-state index contributed by atoms with van der Waals surface area (Å²) in [6.45, 7) is 6.24. The van der Waals surface area contributed by atoms with Gasteiger partial charge in [0.2, 0.25) is 10.0 Å². The molecule has 1 aromatic heterocycles. The number of hydrogen-bond donors (Lipinski definition) is 1. The van der Waals surface area contributed by atoms with Crippen LogP contribution < -0.4 is 9.46 Å². The molecule has 0 aliphatic carbocycles. The lowest BCUT2D eigenvalue weighted by Gasteiger charge is -2.36. The molecular formula is C23H33N5O5S. The van der Waals surface area contributed by atoms with Crippen molar-refractivity contribution < 1.29 is 22.7 Å². The van der Waals surface area contributed by atoms with Gasteiger partial charge in [-0.05, 0) is 31.0 Å². The van der Waals surface area contributed by atoms with Gasteiger partial charge >= 0.3 is 0 Å². The lowest BCUT2D eigenvalue weighted by molar-refractivity contribution is 0.00918. The Morgan fingerprint density at radius 2 is 1.91 bits per heavy atom. The van der Waals surface area contributed by atoms with Gasteiger partial charge in [0.1, 0.15) is 18.7 Å². The van der Waals surface area contributed by atoms with Gasteiger partial charge in [-0.2, -0.15) is 0 Å². The monoisotopic (exact) mass is 491 g/mol. The molecule has 0 bridgehead atoms. The Morgan fingerprint density at radius 1 is 1.21 bits per heavy atom. The second kappa shape index (κ2) is 11.1. The van der Waals surface area contributed by atoms with Crippen molar-refractivity contribution >= 4 is 21.6 Å². The maximum Gasteiger partial charge on any atom is 0.257 e. The van der Waals surface area contributed by atoms with Crippen LogP contribution in [-0.2, 0) is 21.3 Å². The number of ether oxygens (including phenoxy) is 2. The molecule has 1 aliphatic rings. The van der Waals surface area contributed by atoms with Crippen molar-refractivity contribution in [3.63, 3.8) is 0 Å². The first kappa shape index (κ1) is 25.9. The number of methoxy groups -OCH3 is 1. The van der Waals surface area contributed by atoms with E-state index in [0.29, 0.717) is 31.1 Å². The van der Waals surface area contributed by atoms with E-state index in [2.05, 4.69) is 33.4 Å². The molecule has 2 aromatic rings. The summed E-state index contributed by atoms with van der Waals surface area (Å²) < 4.78 is 37.7. The number of likely N-dealkylation sites (N-methyl/N-ethyl adjacent to an activating group) is 1. The minimum Gasteiger partial charge on any atom is -0.491 e. The zero-order valence-corrected chi connectivity index (χ0v) is 21.1. The molecule has 186 valence electrons. The van der Waals surface area contributed by atoms with Crippen LogP contribution in [0.5, 0.6) is 5.75 Å². The molecule has 1 aromatic carbocycles. The van der Waals surface area contributed by atoms with Crippen LogP contribution in [0.25, 0.3) is 0 Å². The van der Waals surface area contributed by atoms with Crippen LogP contribution in [0.15, 0.2) is 36.9 Å². The normalized spacial score (nSPS) is 22.8. The third-order valence-electron chi connectivity index (χ3n) is 5.88. The SMILES string of the molecule is CO[C@@H]1CN(C)C(=O)c2cc(NS(C)(=O)=O)ccc2OC[C@@H](C)N(Cc2cncnc2)C[C@@H]1C. The highest BCUT2D eigenvalue weighted by Gasteiger charge is 2.28. The van der Waals surface area contributed by atoms with Crippen molar-refractivity contribution in [3.05, 3.63) is 48.0 Å². The van der Waals surface area contributed by atoms with E-state index < -0.39 is 10.0 Å². The first-order chi connectivity index (χ1) is 16.1. The van der Waals surface area contributed by atoms with E-state index >= 15 is 0 Å². The third-order valence-corrected chi connectivity index (χ3v) is 6.48. The van der Waals surface area contributed by atoms with Crippen molar-refractivity contribution in [2.24, 2.45) is 5.92 Å². The van der Waals surface area contributed by atoms with Gasteiger partial charge in [0.15, 0.2) is 0 Å². The number of aromatic nitrogens is 2. The predicted octanol–water partition coefficient (Wildman–Crippen LogP) is 1.85. The Balaban J connectivity index is 1.96. The summed E-state index contributed by atoms with van der Waals surface area (Å²) in [6.07, 6.45) is 5.97. The van der Waals surface area contributed by atoms with Gasteiger partial charge in [-0.3, -0.25) is 14.4 Å². The van der Waals surface area contributed by atoms with Crippen molar-refractivity contribution in [2.75, 3.05) is 44.8 Å². The first-order valence-corrected chi connectivity index (χ1v) is 13.0. The van der Waals surface area contributed by atoms with Gasteiger partial charge in [-0.15, -0.1) is 0 Å². The van der Waals surface area contributed by atoms with Crippen LogP contribution in [0.3, 0.4) is 0 Å². The topological polar surface area (TPSA) is 114 Å². The number of amides is 1. The van der Waals surface area contributed by atoms with E-state index in [4.69, 9.17) is 9.47 Å². The lowest BCUT2D eigenvalue weighted by atomic mass is 10.0. The molecule has 0 radical (unpaired) electrons. The van der Waals surface area contributed by atoms with E-state index in [0.717, 1.165) is 18.4 Å². The molecule has 3 rings (SSSR count). The molecule has 3 atom stereocenters. The van der Waals surface area contributed by atoms with E-state index in [1.165, 1.54) is 12.4 Å². The zero-order chi connectivity index (χ0) is 24.9. The van der Waals surface area contributed by atoms with Gasteiger partial charge in [-0.1, -0.05) is 6.92 Å². The van der Waals surface area contributed by atoms with Crippen molar-refractivity contribution in [1.29, 1.82) is 0 Å². The van der Waals surface area contributed by atoms with E-state index in [9.17, 15) is 13.2 Å². The van der Waals surface area contributed by atoms with Gasteiger partial charge in [0.25, 0.3) is 5.91 Å².